The van der Waals surface area contributed by atoms with Crippen molar-refractivity contribution in [3.63, 3.8) is 0 Å². The van der Waals surface area contributed by atoms with Gasteiger partial charge < -0.3 is 13.7 Å². The van der Waals surface area contributed by atoms with Crippen molar-refractivity contribution >= 4 is 38.5 Å². The van der Waals surface area contributed by atoms with Crippen molar-refractivity contribution in [1.29, 1.82) is 0 Å². The molecule has 8 nitrogen and oxygen atoms in total. The van der Waals surface area contributed by atoms with Crippen molar-refractivity contribution < 1.29 is 18.6 Å². The van der Waals surface area contributed by atoms with E-state index in [9.17, 15) is 19.7 Å². The van der Waals surface area contributed by atoms with Gasteiger partial charge in [-0.1, -0.05) is 28.1 Å². The average Bonchev–Trinajstić information content (AvgIpc) is 3.36. The van der Waals surface area contributed by atoms with E-state index in [0.29, 0.717) is 21.2 Å². The molecule has 0 aliphatic carbocycles. The third-order valence-electron chi connectivity index (χ3n) is 5.23. The number of hydrogen-bond acceptors (Lipinski definition) is 6. The molecule has 0 fully saturated rings. The van der Waals surface area contributed by atoms with Crippen molar-refractivity contribution in [2.24, 2.45) is 0 Å². The molecule has 1 atom stereocenters. The van der Waals surface area contributed by atoms with Gasteiger partial charge in [0.1, 0.15) is 11.3 Å². The quantitative estimate of drug-likeness (QED) is 0.306. The largest absolute Gasteiger partial charge is 0.467 e. The summed E-state index contributed by atoms with van der Waals surface area (Å²) in [7, 11) is 0. The van der Waals surface area contributed by atoms with Gasteiger partial charge in [-0.2, -0.15) is 0 Å². The fourth-order valence-electron chi connectivity index (χ4n) is 3.88. The maximum atomic E-state index is 13.5. The van der Waals surface area contributed by atoms with Crippen LogP contribution in [0.3, 0.4) is 0 Å². The number of carbonyl (C=O) groups excluding carboxylic acids is 1. The minimum Gasteiger partial charge on any atom is -0.467 e. The lowest BCUT2D eigenvalue weighted by molar-refractivity contribution is -0.384. The SMILES string of the molecule is O=C1c2oc3ccc(Br)cc3c(=O)c2C(c2cccc([N+](=O)[O-])c2)N1Cc1ccco1. The Morgan fingerprint density at radius 2 is 1.94 bits per heavy atom. The van der Waals surface area contributed by atoms with Crippen molar-refractivity contribution in [3.05, 3.63) is 108 Å². The van der Waals surface area contributed by atoms with Crippen molar-refractivity contribution in [3.8, 4) is 0 Å². The van der Waals surface area contributed by atoms with Gasteiger partial charge in [0.25, 0.3) is 11.6 Å². The number of rotatable bonds is 4. The number of nitro benzene ring substituents is 1. The summed E-state index contributed by atoms with van der Waals surface area (Å²) < 4.78 is 11.9. The Kier molecular flexibility index (Phi) is 4.48. The van der Waals surface area contributed by atoms with Crippen molar-refractivity contribution in [1.82, 2.24) is 4.90 Å². The molecule has 1 amide bonds. The number of hydrogen-bond donors (Lipinski definition) is 0. The van der Waals surface area contributed by atoms with E-state index in [1.54, 1.807) is 36.4 Å². The zero-order chi connectivity index (χ0) is 21.7. The molecule has 9 heteroatoms. The number of amides is 1. The summed E-state index contributed by atoms with van der Waals surface area (Å²) in [6.45, 7) is 0.0723. The maximum absolute atomic E-state index is 13.5. The van der Waals surface area contributed by atoms with E-state index in [4.69, 9.17) is 8.83 Å². The van der Waals surface area contributed by atoms with Gasteiger partial charge in [-0.25, -0.2) is 0 Å². The molecule has 1 unspecified atom stereocenters. The van der Waals surface area contributed by atoms with E-state index in [1.165, 1.54) is 29.4 Å². The molecular formula is C22H13BrN2O6. The number of non-ortho nitro benzene ring substituents is 1. The molecule has 2 aromatic heterocycles. The molecule has 0 spiro atoms. The van der Waals surface area contributed by atoms with E-state index < -0.39 is 16.9 Å². The van der Waals surface area contributed by atoms with E-state index >= 15 is 0 Å². The number of nitrogens with zero attached hydrogens (tertiary/aromatic N) is 2. The number of nitro groups is 1. The Balaban J connectivity index is 1.76. The van der Waals surface area contributed by atoms with Crippen LogP contribution in [-0.4, -0.2) is 15.7 Å². The summed E-state index contributed by atoms with van der Waals surface area (Å²) in [5, 5.41) is 11.6. The van der Waals surface area contributed by atoms with Gasteiger partial charge in [-0.3, -0.25) is 19.7 Å². The number of carbonyl (C=O) groups is 1. The smallest absolute Gasteiger partial charge is 0.291 e. The lowest BCUT2D eigenvalue weighted by Crippen LogP contribution is -2.29. The van der Waals surface area contributed by atoms with Crippen LogP contribution in [0.2, 0.25) is 0 Å². The zero-order valence-electron chi connectivity index (χ0n) is 15.8. The van der Waals surface area contributed by atoms with E-state index in [2.05, 4.69) is 15.9 Å². The molecule has 4 aromatic rings. The first-order chi connectivity index (χ1) is 14.9. The van der Waals surface area contributed by atoms with Gasteiger partial charge in [0, 0.05) is 16.6 Å². The molecule has 0 saturated heterocycles. The standard InChI is InChI=1S/C22H13BrN2O6/c23-13-6-7-17-16(10-13)20(26)18-19(12-3-1-4-14(9-12)25(28)29)24(22(27)21(18)31-17)11-15-5-2-8-30-15/h1-10,19H,11H2. The lowest BCUT2D eigenvalue weighted by atomic mass is 9.98. The monoisotopic (exact) mass is 480 g/mol. The average molecular weight is 481 g/mol. The molecule has 154 valence electrons. The fourth-order valence-corrected chi connectivity index (χ4v) is 4.24. The van der Waals surface area contributed by atoms with Gasteiger partial charge >= 0.3 is 0 Å². The van der Waals surface area contributed by atoms with Crippen molar-refractivity contribution in [2.75, 3.05) is 0 Å². The van der Waals surface area contributed by atoms with Crippen LogP contribution in [0.5, 0.6) is 0 Å². The fraction of sp³-hybridized carbons (Fsp3) is 0.0909. The molecule has 0 bridgehead atoms. The van der Waals surface area contributed by atoms with Crippen LogP contribution >= 0.6 is 15.9 Å². The molecule has 3 heterocycles. The predicted octanol–water partition coefficient (Wildman–Crippen LogP) is 4.80. The molecule has 1 aliphatic heterocycles. The number of halogens is 1. The van der Waals surface area contributed by atoms with Crippen LogP contribution < -0.4 is 5.43 Å². The highest BCUT2D eigenvalue weighted by Gasteiger charge is 2.43. The Morgan fingerprint density at radius 3 is 2.68 bits per heavy atom. The summed E-state index contributed by atoms with van der Waals surface area (Å²) in [5.41, 5.74) is 0.392. The Labute approximate surface area is 183 Å². The highest BCUT2D eigenvalue weighted by Crippen LogP contribution is 2.40. The topological polar surface area (TPSA) is 107 Å². The molecular weight excluding hydrogens is 468 g/mol. The first kappa shape index (κ1) is 19.3. The summed E-state index contributed by atoms with van der Waals surface area (Å²) in [4.78, 5) is 39.0. The number of benzene rings is 2. The van der Waals surface area contributed by atoms with Gasteiger partial charge in [0.2, 0.25) is 5.76 Å². The van der Waals surface area contributed by atoms with Crippen LogP contribution in [0, 0.1) is 10.1 Å². The summed E-state index contributed by atoms with van der Waals surface area (Å²) in [6.07, 6.45) is 1.49. The summed E-state index contributed by atoms with van der Waals surface area (Å²) in [6, 6.07) is 13.4. The second-order valence-corrected chi connectivity index (χ2v) is 8.00. The first-order valence-corrected chi connectivity index (χ1v) is 10.1. The van der Waals surface area contributed by atoms with Crippen LogP contribution in [0.25, 0.3) is 11.0 Å². The Morgan fingerprint density at radius 1 is 1.10 bits per heavy atom. The van der Waals surface area contributed by atoms with Crippen LogP contribution in [0.1, 0.15) is 33.5 Å². The molecule has 5 rings (SSSR count). The van der Waals surface area contributed by atoms with Gasteiger partial charge in [-0.15, -0.1) is 0 Å². The lowest BCUT2D eigenvalue weighted by Gasteiger charge is -2.24. The molecule has 2 aromatic carbocycles. The van der Waals surface area contributed by atoms with E-state index in [1.807, 2.05) is 0 Å². The van der Waals surface area contributed by atoms with Gasteiger partial charge in [-0.05, 0) is 35.9 Å². The normalized spacial score (nSPS) is 15.5. The molecule has 1 aliphatic rings. The predicted molar refractivity (Wildman–Crippen MR) is 114 cm³/mol. The van der Waals surface area contributed by atoms with Crippen LogP contribution in [-0.2, 0) is 6.54 Å². The Bertz CT molecular complexity index is 1410. The molecule has 0 N–H and O–H groups in total. The van der Waals surface area contributed by atoms with E-state index in [0.717, 1.165) is 0 Å². The van der Waals surface area contributed by atoms with E-state index in [-0.39, 0.29) is 34.6 Å². The summed E-state index contributed by atoms with van der Waals surface area (Å²) >= 11 is 3.35. The highest BCUT2D eigenvalue weighted by molar-refractivity contribution is 9.10. The summed E-state index contributed by atoms with van der Waals surface area (Å²) in [5.74, 6) is -0.0379. The molecule has 0 saturated carbocycles. The molecule has 31 heavy (non-hydrogen) atoms. The third kappa shape index (κ3) is 3.14. The third-order valence-corrected chi connectivity index (χ3v) is 5.72. The minimum atomic E-state index is -0.855. The first-order valence-electron chi connectivity index (χ1n) is 9.28. The van der Waals surface area contributed by atoms with Gasteiger partial charge in [0.15, 0.2) is 5.43 Å². The maximum Gasteiger partial charge on any atom is 0.291 e. The second-order valence-electron chi connectivity index (χ2n) is 7.08. The van der Waals surface area contributed by atoms with Crippen LogP contribution in [0.15, 0.2) is 79.0 Å². The number of fused-ring (bicyclic) bond motifs is 2. The second kappa shape index (κ2) is 7.21. The Hall–Kier alpha value is -3.72. The molecule has 0 radical (unpaired) electrons. The van der Waals surface area contributed by atoms with Crippen LogP contribution in [0.4, 0.5) is 5.69 Å². The minimum absolute atomic E-state index is 0.0668. The highest BCUT2D eigenvalue weighted by atomic mass is 79.9. The zero-order valence-corrected chi connectivity index (χ0v) is 17.4. The number of furan rings is 1. The van der Waals surface area contributed by atoms with Crippen molar-refractivity contribution in [2.45, 2.75) is 12.6 Å². The van der Waals surface area contributed by atoms with Gasteiger partial charge in [0.05, 0.1) is 34.7 Å².